The second kappa shape index (κ2) is 8.01. The van der Waals surface area contributed by atoms with Gasteiger partial charge in [0.2, 0.25) is 0 Å². The van der Waals surface area contributed by atoms with E-state index in [-0.39, 0.29) is 12.3 Å². The average Bonchev–Trinajstić information content (AvgIpc) is 3.21. The fraction of sp³-hybridized carbons (Fsp3) is 0.571. The molecule has 2 aliphatic rings. The molecule has 7 nitrogen and oxygen atoms in total. The number of hydrazone groups is 1. The molecule has 0 unspecified atom stereocenters. The predicted molar refractivity (Wildman–Crippen MR) is 109 cm³/mol. The number of hydrogen-bond donors (Lipinski definition) is 1. The lowest BCUT2D eigenvalue weighted by atomic mass is 9.95. The highest BCUT2D eigenvalue weighted by atomic mass is 16.3. The number of carbonyl (C=O) groups excluding carboxylic acids is 2. The van der Waals surface area contributed by atoms with Crippen molar-refractivity contribution in [3.8, 4) is 0 Å². The summed E-state index contributed by atoms with van der Waals surface area (Å²) in [6, 6.07) is 6.93. The molecular formula is C21H30N4O3. The molecule has 2 heterocycles. The summed E-state index contributed by atoms with van der Waals surface area (Å²) in [4.78, 5) is 29.9. The molecule has 2 atom stereocenters. The maximum Gasteiger partial charge on any atom is 0.285 e. The van der Waals surface area contributed by atoms with E-state index in [2.05, 4.69) is 17.0 Å². The Balaban J connectivity index is 1.79. The third kappa shape index (κ3) is 3.69. The Hall–Kier alpha value is -2.25. The van der Waals surface area contributed by atoms with Crippen molar-refractivity contribution in [1.29, 1.82) is 0 Å². The summed E-state index contributed by atoms with van der Waals surface area (Å²) in [5.41, 5.74) is -0.170. The molecule has 7 heteroatoms. The van der Waals surface area contributed by atoms with E-state index in [1.165, 1.54) is 5.01 Å². The molecule has 0 spiro atoms. The molecule has 2 amide bonds. The number of nitrogens with zero attached hydrogens (tertiary/aromatic N) is 4. The molecule has 0 bridgehead atoms. The van der Waals surface area contributed by atoms with Crippen LogP contribution < -0.4 is 5.01 Å². The van der Waals surface area contributed by atoms with E-state index >= 15 is 0 Å². The van der Waals surface area contributed by atoms with Crippen molar-refractivity contribution in [2.24, 2.45) is 11.0 Å². The zero-order valence-electron chi connectivity index (χ0n) is 17.2. The van der Waals surface area contributed by atoms with Crippen LogP contribution in [-0.2, 0) is 4.79 Å². The molecule has 2 aliphatic heterocycles. The minimum atomic E-state index is -1.57. The topological polar surface area (TPSA) is 76.4 Å². The van der Waals surface area contributed by atoms with E-state index in [4.69, 9.17) is 0 Å². The van der Waals surface area contributed by atoms with Gasteiger partial charge in [-0.25, -0.2) is 0 Å². The van der Waals surface area contributed by atoms with Crippen LogP contribution in [0.25, 0.3) is 0 Å². The Kier molecular flexibility index (Phi) is 5.86. The lowest BCUT2D eigenvalue weighted by molar-refractivity contribution is -0.129. The molecule has 28 heavy (non-hydrogen) atoms. The molecule has 152 valence electrons. The van der Waals surface area contributed by atoms with Crippen LogP contribution in [0, 0.1) is 5.92 Å². The maximum absolute atomic E-state index is 13.1. The Morgan fingerprint density at radius 3 is 2.71 bits per heavy atom. The predicted octanol–water partition coefficient (Wildman–Crippen LogP) is 1.96. The average molecular weight is 386 g/mol. The monoisotopic (exact) mass is 386 g/mol. The number of anilines is 1. The standard InChI is InChI=1S/C21H30N4O3/c1-5-21(28)15(3)22-25(20(21)27)18-9-7-8-17(12-18)19(26)24(6-2)14-16-10-11-23(4)13-16/h7-9,12,16,28H,5-6,10-11,13-14H2,1-4H3/t16-,21+/m0/s1. The van der Waals surface area contributed by atoms with Crippen LogP contribution in [0.5, 0.6) is 0 Å². The number of likely N-dealkylation sites (tertiary alicyclic amines) is 1. The first-order valence-electron chi connectivity index (χ1n) is 10.0. The van der Waals surface area contributed by atoms with Crippen molar-refractivity contribution in [1.82, 2.24) is 9.80 Å². The smallest absolute Gasteiger partial charge is 0.285 e. The van der Waals surface area contributed by atoms with Gasteiger partial charge in [0, 0.05) is 25.2 Å². The zero-order chi connectivity index (χ0) is 20.5. The third-order valence-electron chi connectivity index (χ3n) is 5.88. The van der Waals surface area contributed by atoms with Gasteiger partial charge in [0.05, 0.1) is 11.4 Å². The van der Waals surface area contributed by atoms with Crippen LogP contribution in [0.4, 0.5) is 5.69 Å². The zero-order valence-corrected chi connectivity index (χ0v) is 17.2. The van der Waals surface area contributed by atoms with Gasteiger partial charge in [-0.1, -0.05) is 13.0 Å². The number of carbonyl (C=O) groups is 2. The van der Waals surface area contributed by atoms with Crippen LogP contribution in [0.2, 0.25) is 0 Å². The van der Waals surface area contributed by atoms with E-state index < -0.39 is 11.5 Å². The first kappa shape index (κ1) is 20.5. The molecule has 0 aliphatic carbocycles. The molecule has 0 radical (unpaired) electrons. The molecule has 0 saturated carbocycles. The molecule has 1 aromatic carbocycles. The normalized spacial score (nSPS) is 25.3. The van der Waals surface area contributed by atoms with E-state index in [0.29, 0.717) is 29.4 Å². The van der Waals surface area contributed by atoms with Crippen molar-refractivity contribution >= 4 is 23.2 Å². The Morgan fingerprint density at radius 2 is 2.14 bits per heavy atom. The maximum atomic E-state index is 13.1. The van der Waals surface area contributed by atoms with Crippen LogP contribution in [0.1, 0.15) is 44.0 Å². The number of aliphatic hydroxyl groups is 1. The summed E-state index contributed by atoms with van der Waals surface area (Å²) in [5.74, 6) is -0.0282. The Labute approximate surface area is 166 Å². The Morgan fingerprint density at radius 1 is 1.39 bits per heavy atom. The second-order valence-electron chi connectivity index (χ2n) is 7.83. The highest BCUT2D eigenvalue weighted by molar-refractivity contribution is 6.21. The summed E-state index contributed by atoms with van der Waals surface area (Å²) in [7, 11) is 2.11. The highest BCUT2D eigenvalue weighted by Gasteiger charge is 2.46. The van der Waals surface area contributed by atoms with Gasteiger partial charge in [-0.05, 0) is 64.4 Å². The van der Waals surface area contributed by atoms with E-state index in [9.17, 15) is 14.7 Å². The van der Waals surface area contributed by atoms with Crippen molar-refractivity contribution in [3.05, 3.63) is 29.8 Å². The molecule has 1 aromatic rings. The van der Waals surface area contributed by atoms with Crippen LogP contribution in [0.3, 0.4) is 0 Å². The van der Waals surface area contributed by atoms with Crippen molar-refractivity contribution in [2.45, 2.75) is 39.2 Å². The van der Waals surface area contributed by atoms with Gasteiger partial charge in [-0.15, -0.1) is 0 Å². The SMILES string of the molecule is CCN(C[C@H]1CCN(C)C1)C(=O)c1cccc(N2N=C(C)[C@](O)(CC)C2=O)c1. The van der Waals surface area contributed by atoms with Gasteiger partial charge in [0.1, 0.15) is 0 Å². The lowest BCUT2D eigenvalue weighted by Gasteiger charge is -2.25. The summed E-state index contributed by atoms with van der Waals surface area (Å²) in [5, 5.41) is 16.0. The van der Waals surface area contributed by atoms with Gasteiger partial charge in [0.25, 0.3) is 11.8 Å². The van der Waals surface area contributed by atoms with Crippen molar-refractivity contribution in [3.63, 3.8) is 0 Å². The molecular weight excluding hydrogens is 356 g/mol. The van der Waals surface area contributed by atoms with Gasteiger partial charge in [-0.2, -0.15) is 10.1 Å². The highest BCUT2D eigenvalue weighted by Crippen LogP contribution is 2.29. The molecule has 1 N–H and O–H groups in total. The third-order valence-corrected chi connectivity index (χ3v) is 5.88. The number of benzene rings is 1. The molecule has 0 aromatic heterocycles. The van der Waals surface area contributed by atoms with Crippen LogP contribution in [0.15, 0.2) is 29.4 Å². The lowest BCUT2D eigenvalue weighted by Crippen LogP contribution is -2.45. The summed E-state index contributed by atoms with van der Waals surface area (Å²) in [6.45, 7) is 8.84. The summed E-state index contributed by atoms with van der Waals surface area (Å²) < 4.78 is 0. The van der Waals surface area contributed by atoms with Gasteiger partial charge in [-0.3, -0.25) is 9.59 Å². The van der Waals surface area contributed by atoms with Gasteiger partial charge in [0.15, 0.2) is 5.60 Å². The van der Waals surface area contributed by atoms with E-state index in [0.717, 1.165) is 26.1 Å². The minimum absolute atomic E-state index is 0.0444. The second-order valence-corrected chi connectivity index (χ2v) is 7.83. The van der Waals surface area contributed by atoms with Gasteiger partial charge < -0.3 is 14.9 Å². The fourth-order valence-electron chi connectivity index (χ4n) is 3.99. The molecule has 1 fully saturated rings. The first-order valence-corrected chi connectivity index (χ1v) is 10.0. The van der Waals surface area contributed by atoms with Crippen LogP contribution in [-0.4, -0.2) is 71.3 Å². The largest absolute Gasteiger partial charge is 0.374 e. The summed E-state index contributed by atoms with van der Waals surface area (Å²) >= 11 is 0. The van der Waals surface area contributed by atoms with Crippen molar-refractivity contribution in [2.75, 3.05) is 38.2 Å². The van der Waals surface area contributed by atoms with Crippen LogP contribution >= 0.6 is 0 Å². The molecule has 1 saturated heterocycles. The molecule has 3 rings (SSSR count). The van der Waals surface area contributed by atoms with E-state index in [1.54, 1.807) is 38.1 Å². The fourth-order valence-corrected chi connectivity index (χ4v) is 3.99. The number of rotatable bonds is 6. The van der Waals surface area contributed by atoms with Gasteiger partial charge >= 0.3 is 0 Å². The minimum Gasteiger partial charge on any atom is -0.374 e. The van der Waals surface area contributed by atoms with E-state index in [1.807, 2.05) is 11.8 Å². The quantitative estimate of drug-likeness (QED) is 0.811. The Bertz CT molecular complexity index is 794. The number of amides is 2. The number of hydrogen-bond acceptors (Lipinski definition) is 5. The first-order chi connectivity index (χ1) is 13.3. The summed E-state index contributed by atoms with van der Waals surface area (Å²) in [6.07, 6.45) is 1.36. The van der Waals surface area contributed by atoms with Crippen molar-refractivity contribution < 1.29 is 14.7 Å².